The zero-order chi connectivity index (χ0) is 19.7. The van der Waals surface area contributed by atoms with Gasteiger partial charge in [-0.1, -0.05) is 22.9 Å². The van der Waals surface area contributed by atoms with Crippen molar-refractivity contribution in [2.45, 2.75) is 5.75 Å². The molecule has 0 atom stereocenters. The minimum atomic E-state index is -0.297. The predicted molar refractivity (Wildman–Crippen MR) is 115 cm³/mol. The van der Waals surface area contributed by atoms with Crippen molar-refractivity contribution in [3.63, 3.8) is 0 Å². The number of H-pyrrole nitrogens is 1. The molecule has 0 radical (unpaired) electrons. The molecule has 2 aromatic heterocycles. The van der Waals surface area contributed by atoms with E-state index in [0.29, 0.717) is 42.8 Å². The number of hydrogen-bond donors (Lipinski definition) is 1. The van der Waals surface area contributed by atoms with E-state index in [-0.39, 0.29) is 17.2 Å². The van der Waals surface area contributed by atoms with Crippen LogP contribution in [0.2, 0.25) is 5.02 Å². The Labute approximate surface area is 174 Å². The van der Waals surface area contributed by atoms with Crippen molar-refractivity contribution in [1.29, 1.82) is 0 Å². The molecule has 1 aliphatic rings. The van der Waals surface area contributed by atoms with Gasteiger partial charge in [0.15, 0.2) is 5.13 Å². The Morgan fingerprint density at radius 1 is 1.25 bits per heavy atom. The molecule has 7 nitrogen and oxygen atoms in total. The number of nitrogens with zero attached hydrogens (tertiary/aromatic N) is 4. The third kappa shape index (κ3) is 4.01. The van der Waals surface area contributed by atoms with Crippen LogP contribution in [0.5, 0.6) is 0 Å². The average Bonchev–Trinajstić information content (AvgIpc) is 3.10. The molecule has 146 valence electrons. The van der Waals surface area contributed by atoms with Crippen LogP contribution in [-0.2, 0) is 5.75 Å². The fourth-order valence-electron chi connectivity index (χ4n) is 3.11. The summed E-state index contributed by atoms with van der Waals surface area (Å²) in [5.74, 6) is 0.880. The first kappa shape index (κ1) is 19.2. The number of aromatic nitrogens is 3. The second-order valence-corrected chi connectivity index (χ2v) is 8.71. The highest BCUT2D eigenvalue weighted by Crippen LogP contribution is 2.31. The molecule has 0 aliphatic carbocycles. The summed E-state index contributed by atoms with van der Waals surface area (Å²) in [5.41, 5.74) is 0.835. The zero-order valence-electron chi connectivity index (χ0n) is 15.1. The molecule has 28 heavy (non-hydrogen) atoms. The van der Waals surface area contributed by atoms with Crippen LogP contribution < -0.4 is 10.5 Å². The molecule has 1 saturated heterocycles. The number of carbonyl (C=O) groups is 1. The summed E-state index contributed by atoms with van der Waals surface area (Å²) in [4.78, 5) is 40.2. The maximum atomic E-state index is 12.8. The number of thioether (sulfide) groups is 1. The lowest BCUT2D eigenvalue weighted by Gasteiger charge is -2.34. The topological polar surface area (TPSA) is 82.2 Å². The fraction of sp³-hybridized carbons (Fsp3) is 0.333. The van der Waals surface area contributed by atoms with Crippen molar-refractivity contribution >= 4 is 56.0 Å². The zero-order valence-corrected chi connectivity index (χ0v) is 17.5. The van der Waals surface area contributed by atoms with Crippen molar-refractivity contribution in [3.8, 4) is 0 Å². The number of benzene rings is 1. The SMILES string of the molecule is CSCc1nc(C(=O)N2CCN(c3nc4ccc(Cl)cc4s3)CC2)cc(=O)[nH]1. The van der Waals surface area contributed by atoms with Crippen LogP contribution in [0.3, 0.4) is 0 Å². The van der Waals surface area contributed by atoms with Crippen molar-refractivity contribution in [1.82, 2.24) is 19.9 Å². The summed E-state index contributed by atoms with van der Waals surface area (Å²) in [6.45, 7) is 2.48. The Kier molecular flexibility index (Phi) is 5.56. The Balaban J connectivity index is 1.46. The first-order valence-electron chi connectivity index (χ1n) is 8.73. The Morgan fingerprint density at radius 3 is 2.79 bits per heavy atom. The van der Waals surface area contributed by atoms with Crippen LogP contribution in [0.4, 0.5) is 5.13 Å². The molecule has 1 aromatic carbocycles. The van der Waals surface area contributed by atoms with Gasteiger partial charge in [-0.05, 0) is 24.5 Å². The number of thiazole rings is 1. The molecule has 0 spiro atoms. The molecule has 10 heteroatoms. The number of fused-ring (bicyclic) bond motifs is 1. The van der Waals surface area contributed by atoms with E-state index in [1.54, 1.807) is 28.0 Å². The summed E-state index contributed by atoms with van der Waals surface area (Å²) in [6, 6.07) is 6.95. The van der Waals surface area contributed by atoms with E-state index in [4.69, 9.17) is 11.6 Å². The monoisotopic (exact) mass is 435 g/mol. The lowest BCUT2D eigenvalue weighted by molar-refractivity contribution is 0.0740. The first-order chi connectivity index (χ1) is 13.5. The molecule has 3 heterocycles. The molecule has 4 rings (SSSR count). The van der Waals surface area contributed by atoms with Gasteiger partial charge < -0.3 is 14.8 Å². The van der Waals surface area contributed by atoms with Gasteiger partial charge in [-0.3, -0.25) is 9.59 Å². The summed E-state index contributed by atoms with van der Waals surface area (Å²) >= 11 is 9.20. The minimum absolute atomic E-state index is 0.204. The number of rotatable bonds is 4. The number of carbonyl (C=O) groups excluding carboxylic acids is 1. The number of hydrogen-bond acceptors (Lipinski definition) is 7. The van der Waals surface area contributed by atoms with Crippen LogP contribution in [0.1, 0.15) is 16.3 Å². The third-order valence-electron chi connectivity index (χ3n) is 4.47. The van der Waals surface area contributed by atoms with Crippen LogP contribution in [-0.4, -0.2) is 58.2 Å². The number of anilines is 1. The molecule has 1 fully saturated rings. The lowest BCUT2D eigenvalue weighted by atomic mass is 10.2. The molecule has 1 amide bonds. The summed E-state index contributed by atoms with van der Waals surface area (Å²) < 4.78 is 1.05. The second kappa shape index (κ2) is 8.10. The molecule has 0 saturated carbocycles. The number of amides is 1. The summed E-state index contributed by atoms with van der Waals surface area (Å²) in [5, 5.41) is 1.63. The van der Waals surface area contributed by atoms with Crippen molar-refractivity contribution in [2.24, 2.45) is 0 Å². The average molecular weight is 436 g/mol. The largest absolute Gasteiger partial charge is 0.345 e. The van der Waals surface area contributed by atoms with Gasteiger partial charge in [0, 0.05) is 37.3 Å². The molecule has 0 unspecified atom stereocenters. The van der Waals surface area contributed by atoms with E-state index >= 15 is 0 Å². The van der Waals surface area contributed by atoms with Gasteiger partial charge in [-0.2, -0.15) is 11.8 Å². The maximum Gasteiger partial charge on any atom is 0.272 e. The second-order valence-electron chi connectivity index (χ2n) is 6.40. The van der Waals surface area contributed by atoms with E-state index in [2.05, 4.69) is 19.9 Å². The van der Waals surface area contributed by atoms with Gasteiger partial charge >= 0.3 is 0 Å². The van der Waals surface area contributed by atoms with Gasteiger partial charge in [0.05, 0.1) is 16.0 Å². The predicted octanol–water partition coefficient (Wildman–Crippen LogP) is 2.86. The molecule has 1 N–H and O–H groups in total. The van der Waals surface area contributed by atoms with Gasteiger partial charge in [0.25, 0.3) is 11.5 Å². The van der Waals surface area contributed by atoms with Crippen LogP contribution in [0.15, 0.2) is 29.1 Å². The lowest BCUT2D eigenvalue weighted by Crippen LogP contribution is -2.49. The quantitative estimate of drug-likeness (QED) is 0.678. The molecular formula is C18H18ClN5O2S2. The van der Waals surface area contributed by atoms with Gasteiger partial charge in [0.2, 0.25) is 0 Å². The van der Waals surface area contributed by atoms with E-state index < -0.39 is 0 Å². The Bertz CT molecular complexity index is 1080. The molecule has 0 bridgehead atoms. The standard InChI is InChI=1S/C18H18ClN5O2S2/c1-27-10-15-20-13(9-16(25)22-15)17(26)23-4-6-24(7-5-23)18-21-12-3-2-11(19)8-14(12)28-18/h2-3,8-9H,4-7,10H2,1H3,(H,20,22,25). The highest BCUT2D eigenvalue weighted by molar-refractivity contribution is 7.97. The molecule has 1 aliphatic heterocycles. The summed E-state index contributed by atoms with van der Waals surface area (Å²) in [6.07, 6.45) is 1.92. The highest BCUT2D eigenvalue weighted by atomic mass is 35.5. The van der Waals surface area contributed by atoms with Crippen molar-refractivity contribution in [2.75, 3.05) is 37.3 Å². The van der Waals surface area contributed by atoms with Gasteiger partial charge in [-0.25, -0.2) is 9.97 Å². The van der Waals surface area contributed by atoms with Crippen molar-refractivity contribution < 1.29 is 4.79 Å². The molecular weight excluding hydrogens is 418 g/mol. The van der Waals surface area contributed by atoms with E-state index in [9.17, 15) is 9.59 Å². The highest BCUT2D eigenvalue weighted by Gasteiger charge is 2.25. The molecule has 3 aromatic rings. The van der Waals surface area contributed by atoms with Crippen LogP contribution in [0, 0.1) is 0 Å². The Morgan fingerprint density at radius 2 is 2.04 bits per heavy atom. The first-order valence-corrected chi connectivity index (χ1v) is 11.3. The van der Waals surface area contributed by atoms with E-state index in [1.165, 1.54) is 6.07 Å². The normalized spacial score (nSPS) is 14.6. The number of nitrogens with one attached hydrogen (secondary N) is 1. The van der Waals surface area contributed by atoms with Crippen LogP contribution in [0.25, 0.3) is 10.2 Å². The summed E-state index contributed by atoms with van der Waals surface area (Å²) in [7, 11) is 0. The van der Waals surface area contributed by atoms with Gasteiger partial charge in [-0.15, -0.1) is 0 Å². The van der Waals surface area contributed by atoms with Gasteiger partial charge in [0.1, 0.15) is 11.5 Å². The number of aromatic amines is 1. The maximum absolute atomic E-state index is 12.8. The van der Waals surface area contributed by atoms with Crippen LogP contribution >= 0.6 is 34.7 Å². The smallest absolute Gasteiger partial charge is 0.272 e. The fourth-order valence-corrected chi connectivity index (χ4v) is 4.81. The third-order valence-corrected chi connectivity index (χ3v) is 6.34. The van der Waals surface area contributed by atoms with Crippen molar-refractivity contribution in [3.05, 3.63) is 51.2 Å². The minimum Gasteiger partial charge on any atom is -0.345 e. The number of halogens is 1. The van der Waals surface area contributed by atoms with E-state index in [1.807, 2.05) is 24.5 Å². The number of piperazine rings is 1. The Hall–Kier alpha value is -2.10. The van der Waals surface area contributed by atoms with E-state index in [0.717, 1.165) is 15.3 Å².